The van der Waals surface area contributed by atoms with Crippen LogP contribution in [0.1, 0.15) is 43.2 Å². The molecule has 0 atom stereocenters. The van der Waals surface area contributed by atoms with E-state index in [0.29, 0.717) is 18.1 Å². The first kappa shape index (κ1) is 25.2. The lowest BCUT2D eigenvalue weighted by Crippen LogP contribution is -2.33. The molecule has 0 aliphatic rings. The summed E-state index contributed by atoms with van der Waals surface area (Å²) in [5, 5.41) is 11.5. The number of nitrogens with one attached hydrogen (secondary N) is 3. The van der Waals surface area contributed by atoms with E-state index in [1.807, 2.05) is 44.8 Å². The Morgan fingerprint density at radius 1 is 1.25 bits per heavy atom. The van der Waals surface area contributed by atoms with Crippen LogP contribution < -0.4 is 26.5 Å². The summed E-state index contributed by atoms with van der Waals surface area (Å²) in [7, 11) is 5.91. The number of rotatable bonds is 10. The van der Waals surface area contributed by atoms with Crippen LogP contribution in [0, 0.1) is 6.92 Å². The molecule has 0 aliphatic carbocycles. The number of aryl methyl sites for hydroxylation is 1. The molecule has 7 nitrogen and oxygen atoms in total. The predicted molar refractivity (Wildman–Crippen MR) is 137 cm³/mol. The van der Waals surface area contributed by atoms with Crippen LogP contribution in [0.25, 0.3) is 12.4 Å². The first-order valence-corrected chi connectivity index (χ1v) is 11.1. The molecule has 32 heavy (non-hydrogen) atoms. The summed E-state index contributed by atoms with van der Waals surface area (Å²) in [5.41, 5.74) is 3.65. The second kappa shape index (κ2) is 11.5. The number of benzene rings is 1. The summed E-state index contributed by atoms with van der Waals surface area (Å²) in [6.45, 7) is 13.9. The van der Waals surface area contributed by atoms with Crippen molar-refractivity contribution in [2.24, 2.45) is 12.0 Å². The molecular formula is C25H38N6O. The minimum absolute atomic E-state index is 0.111. The third-order valence-electron chi connectivity index (χ3n) is 4.97. The molecule has 0 fully saturated rings. The highest BCUT2D eigenvalue weighted by atomic mass is 16.1. The minimum atomic E-state index is -0.111. The summed E-state index contributed by atoms with van der Waals surface area (Å²) >= 11 is 0. The fraction of sp³-hybridized carbons (Fsp3) is 0.440. The molecule has 1 aromatic carbocycles. The number of carbonyl (C=O) groups is 1. The summed E-state index contributed by atoms with van der Waals surface area (Å²) in [6.07, 6.45) is 2.63. The van der Waals surface area contributed by atoms with Gasteiger partial charge in [-0.25, -0.2) is 4.99 Å². The van der Waals surface area contributed by atoms with Crippen LogP contribution in [0.2, 0.25) is 0 Å². The number of hydrogen-bond acceptors (Lipinski definition) is 5. The largest absolute Gasteiger partial charge is 0.381 e. The summed E-state index contributed by atoms with van der Waals surface area (Å²) < 4.78 is 1.85. The van der Waals surface area contributed by atoms with Gasteiger partial charge in [-0.05, 0) is 83.7 Å². The van der Waals surface area contributed by atoms with Gasteiger partial charge >= 0.3 is 0 Å². The molecule has 0 radical (unpaired) electrons. The Bertz CT molecular complexity index is 1060. The summed E-state index contributed by atoms with van der Waals surface area (Å²) in [6, 6.07) is 8.31. The molecule has 0 aliphatic heterocycles. The lowest BCUT2D eigenvalue weighted by atomic mass is 10.1. The number of carbonyl (C=O) groups excluding carboxylic acids is 1. The van der Waals surface area contributed by atoms with E-state index in [-0.39, 0.29) is 11.9 Å². The topological polar surface area (TPSA) is 73.7 Å². The van der Waals surface area contributed by atoms with Crippen molar-refractivity contribution in [1.29, 1.82) is 0 Å². The third kappa shape index (κ3) is 6.72. The van der Waals surface area contributed by atoms with Crippen molar-refractivity contribution in [1.82, 2.24) is 14.8 Å². The number of hydrogen-bond donors (Lipinski definition) is 3. The molecule has 0 saturated carbocycles. The zero-order valence-electron chi connectivity index (χ0n) is 20.5. The van der Waals surface area contributed by atoms with Crippen molar-refractivity contribution < 1.29 is 4.79 Å². The molecule has 2 aromatic rings. The van der Waals surface area contributed by atoms with E-state index in [2.05, 4.69) is 65.3 Å². The Morgan fingerprint density at radius 2 is 1.97 bits per heavy atom. The highest BCUT2D eigenvalue weighted by molar-refractivity contribution is 5.93. The van der Waals surface area contributed by atoms with E-state index in [1.165, 1.54) is 5.56 Å². The predicted octanol–water partition coefficient (Wildman–Crippen LogP) is 2.51. The number of amides is 1. The number of anilines is 2. The van der Waals surface area contributed by atoms with Crippen LogP contribution >= 0.6 is 0 Å². The van der Waals surface area contributed by atoms with Crippen LogP contribution in [0.5, 0.6) is 0 Å². The molecule has 1 heterocycles. The Balaban J connectivity index is 2.43. The van der Waals surface area contributed by atoms with Crippen molar-refractivity contribution >= 4 is 35.9 Å². The van der Waals surface area contributed by atoms with Crippen LogP contribution in [0.4, 0.5) is 11.4 Å². The molecule has 0 spiro atoms. The fourth-order valence-electron chi connectivity index (χ4n) is 3.49. The van der Waals surface area contributed by atoms with E-state index >= 15 is 0 Å². The van der Waals surface area contributed by atoms with Gasteiger partial charge in [0.2, 0.25) is 0 Å². The average Bonchev–Trinajstić information content (AvgIpc) is 3.00. The van der Waals surface area contributed by atoms with Gasteiger partial charge < -0.3 is 25.4 Å². The quantitative estimate of drug-likeness (QED) is 0.394. The summed E-state index contributed by atoms with van der Waals surface area (Å²) in [5.74, 6) is 0.530. The van der Waals surface area contributed by atoms with Gasteiger partial charge in [0, 0.05) is 25.8 Å². The van der Waals surface area contributed by atoms with E-state index in [4.69, 9.17) is 0 Å². The first-order valence-electron chi connectivity index (χ1n) is 11.1. The lowest BCUT2D eigenvalue weighted by molar-refractivity contribution is 0.0944. The van der Waals surface area contributed by atoms with Crippen LogP contribution in [0.15, 0.2) is 29.3 Å². The van der Waals surface area contributed by atoms with Gasteiger partial charge in [0.1, 0.15) is 5.69 Å². The Labute approximate surface area is 191 Å². The molecule has 2 rings (SSSR count). The molecular weight excluding hydrogens is 400 g/mol. The zero-order valence-corrected chi connectivity index (χ0v) is 20.5. The Morgan fingerprint density at radius 3 is 2.59 bits per heavy atom. The van der Waals surface area contributed by atoms with Gasteiger partial charge in [-0.3, -0.25) is 4.79 Å². The number of aliphatic imine (C=N–C) groups is 1. The van der Waals surface area contributed by atoms with E-state index in [1.54, 1.807) is 6.21 Å². The van der Waals surface area contributed by atoms with Crippen molar-refractivity contribution in [2.75, 3.05) is 37.8 Å². The van der Waals surface area contributed by atoms with E-state index < -0.39 is 0 Å². The van der Waals surface area contributed by atoms with Crippen LogP contribution in [-0.2, 0) is 7.05 Å². The number of nitrogens with zero attached hydrogens (tertiary/aromatic N) is 3. The standard InChI is InChI=1S/C25H38N6O/c1-9-26-24(29-20-12-11-18(4)15-21(20)28-17(2)3)23-19(5)16-22(31(23)8)25(32)27-13-10-14-30(6)7/h9,11-12,15-17,28-29H,5,10,13-14H2,1-4,6-8H3,(H,27,32)/b24-23-,26-9?. The maximum atomic E-state index is 12.8. The lowest BCUT2D eigenvalue weighted by Gasteiger charge is -2.17. The van der Waals surface area contributed by atoms with Crippen LogP contribution in [0.3, 0.4) is 0 Å². The smallest absolute Gasteiger partial charge is 0.267 e. The maximum absolute atomic E-state index is 12.8. The van der Waals surface area contributed by atoms with Gasteiger partial charge in [-0.15, -0.1) is 0 Å². The molecule has 1 aromatic heterocycles. The van der Waals surface area contributed by atoms with Crippen molar-refractivity contribution in [2.45, 2.75) is 40.2 Å². The zero-order chi connectivity index (χ0) is 23.8. The molecule has 3 N–H and O–H groups in total. The van der Waals surface area contributed by atoms with Gasteiger partial charge in [0.15, 0.2) is 5.82 Å². The Kier molecular flexibility index (Phi) is 9.08. The SMILES string of the molecule is C=c1cc(C(=O)NCCCN(C)C)n(C)/c1=C(/N=CC)Nc1ccc(C)cc1NC(C)C. The van der Waals surface area contributed by atoms with Gasteiger partial charge in [-0.2, -0.15) is 0 Å². The Hall–Kier alpha value is -3.06. The van der Waals surface area contributed by atoms with Crippen molar-refractivity contribution in [3.63, 3.8) is 0 Å². The minimum Gasteiger partial charge on any atom is -0.381 e. The van der Waals surface area contributed by atoms with Gasteiger partial charge in [0.25, 0.3) is 5.91 Å². The second-order valence-electron chi connectivity index (χ2n) is 8.58. The highest BCUT2D eigenvalue weighted by Crippen LogP contribution is 2.25. The molecule has 1 amide bonds. The molecule has 0 unspecified atom stereocenters. The molecule has 0 saturated heterocycles. The first-order chi connectivity index (χ1) is 15.1. The molecule has 7 heteroatoms. The van der Waals surface area contributed by atoms with E-state index in [9.17, 15) is 4.79 Å². The van der Waals surface area contributed by atoms with Crippen LogP contribution in [-0.4, -0.2) is 54.8 Å². The highest BCUT2D eigenvalue weighted by Gasteiger charge is 2.14. The molecule has 174 valence electrons. The molecule has 0 bridgehead atoms. The van der Waals surface area contributed by atoms with Crippen molar-refractivity contribution in [3.8, 4) is 0 Å². The normalized spacial score (nSPS) is 12.5. The number of aromatic nitrogens is 1. The van der Waals surface area contributed by atoms with Gasteiger partial charge in [-0.1, -0.05) is 12.6 Å². The second-order valence-corrected chi connectivity index (χ2v) is 8.58. The third-order valence-corrected chi connectivity index (χ3v) is 4.97. The summed E-state index contributed by atoms with van der Waals surface area (Å²) in [4.78, 5) is 19.5. The van der Waals surface area contributed by atoms with Gasteiger partial charge in [0.05, 0.1) is 16.7 Å². The fourth-order valence-corrected chi connectivity index (χ4v) is 3.49. The monoisotopic (exact) mass is 438 g/mol. The van der Waals surface area contributed by atoms with E-state index in [0.717, 1.165) is 34.9 Å². The van der Waals surface area contributed by atoms with Crippen molar-refractivity contribution in [3.05, 3.63) is 46.1 Å². The average molecular weight is 439 g/mol. The maximum Gasteiger partial charge on any atom is 0.267 e.